The Morgan fingerprint density at radius 1 is 1.19 bits per heavy atom. The summed E-state index contributed by atoms with van der Waals surface area (Å²) in [6, 6.07) is 3.95. The maximum atomic E-state index is 10.3. The van der Waals surface area contributed by atoms with Crippen LogP contribution in [0.25, 0.3) is 0 Å². The van der Waals surface area contributed by atoms with E-state index in [1.807, 2.05) is 19.1 Å². The summed E-state index contributed by atoms with van der Waals surface area (Å²) in [4.78, 5) is 10.3. The van der Waals surface area contributed by atoms with Gasteiger partial charge in [0.15, 0.2) is 0 Å². The Hall–Kier alpha value is -1.51. The number of hydrogen-bond acceptors (Lipinski definition) is 3. The second-order valence-corrected chi connectivity index (χ2v) is 3.69. The highest BCUT2D eigenvalue weighted by Crippen LogP contribution is 2.29. The molecule has 0 saturated carbocycles. The van der Waals surface area contributed by atoms with Crippen LogP contribution in [-0.2, 0) is 11.2 Å². The molecule has 1 rings (SSSR count). The van der Waals surface area contributed by atoms with Crippen molar-refractivity contribution < 1.29 is 14.3 Å². The van der Waals surface area contributed by atoms with Crippen molar-refractivity contribution in [1.82, 2.24) is 0 Å². The van der Waals surface area contributed by atoms with Crippen LogP contribution < -0.4 is 9.47 Å². The van der Waals surface area contributed by atoms with Gasteiger partial charge >= 0.3 is 0 Å². The van der Waals surface area contributed by atoms with Crippen molar-refractivity contribution >= 4 is 6.29 Å². The number of methoxy groups -OCH3 is 2. The van der Waals surface area contributed by atoms with E-state index in [2.05, 4.69) is 0 Å². The second kappa shape index (κ2) is 6.16. The molecule has 1 aromatic rings. The Bertz CT molecular complexity index is 358. The zero-order valence-corrected chi connectivity index (χ0v) is 10.1. The summed E-state index contributed by atoms with van der Waals surface area (Å²) in [6.45, 7) is 1.98. The predicted octanol–water partition coefficient (Wildman–Crippen LogP) is 2.53. The Morgan fingerprint density at radius 3 is 2.44 bits per heavy atom. The van der Waals surface area contributed by atoms with Gasteiger partial charge in [-0.3, -0.25) is 0 Å². The number of carbonyl (C=O) groups excluding carboxylic acids is 1. The number of aryl methyl sites for hydroxylation is 2. The topological polar surface area (TPSA) is 35.5 Å². The third kappa shape index (κ3) is 2.99. The van der Waals surface area contributed by atoms with E-state index in [1.54, 1.807) is 14.2 Å². The molecule has 0 bridgehead atoms. The lowest BCUT2D eigenvalue weighted by Crippen LogP contribution is -1.96. The second-order valence-electron chi connectivity index (χ2n) is 3.69. The third-order valence-electron chi connectivity index (χ3n) is 2.57. The highest BCUT2D eigenvalue weighted by Gasteiger charge is 2.08. The molecule has 3 nitrogen and oxygen atoms in total. The summed E-state index contributed by atoms with van der Waals surface area (Å²) in [5, 5.41) is 0. The average Bonchev–Trinajstić information content (AvgIpc) is 2.30. The van der Waals surface area contributed by atoms with Crippen LogP contribution >= 0.6 is 0 Å². The Morgan fingerprint density at radius 2 is 1.88 bits per heavy atom. The molecule has 0 atom stereocenters. The molecule has 16 heavy (non-hydrogen) atoms. The highest BCUT2D eigenvalue weighted by molar-refractivity contribution is 5.50. The molecule has 0 aliphatic heterocycles. The lowest BCUT2D eigenvalue weighted by atomic mass is 10.0. The summed E-state index contributed by atoms with van der Waals surface area (Å²) in [7, 11) is 3.31. The molecule has 88 valence electrons. The summed E-state index contributed by atoms with van der Waals surface area (Å²) in [6.07, 6.45) is 3.20. The summed E-state index contributed by atoms with van der Waals surface area (Å²) >= 11 is 0. The van der Waals surface area contributed by atoms with Gasteiger partial charge < -0.3 is 14.3 Å². The minimum absolute atomic E-state index is 0.583. The maximum absolute atomic E-state index is 10.3. The van der Waals surface area contributed by atoms with Crippen molar-refractivity contribution in [3.63, 3.8) is 0 Å². The Kier molecular flexibility index (Phi) is 4.83. The van der Waals surface area contributed by atoms with E-state index in [1.165, 1.54) is 0 Å². The molecule has 0 aromatic heterocycles. The molecule has 0 aliphatic carbocycles. The van der Waals surface area contributed by atoms with Gasteiger partial charge in [0.25, 0.3) is 0 Å². The molecule has 0 unspecified atom stereocenters. The van der Waals surface area contributed by atoms with E-state index in [9.17, 15) is 4.79 Å². The van der Waals surface area contributed by atoms with Gasteiger partial charge in [-0.25, -0.2) is 0 Å². The predicted molar refractivity (Wildman–Crippen MR) is 63.3 cm³/mol. The molecule has 0 amide bonds. The van der Waals surface area contributed by atoms with Crippen molar-refractivity contribution in [3.05, 3.63) is 23.3 Å². The fourth-order valence-electron chi connectivity index (χ4n) is 1.68. The zero-order chi connectivity index (χ0) is 12.0. The number of ether oxygens (including phenoxy) is 2. The molecule has 3 heteroatoms. The SMILES string of the molecule is COc1cc(CCCC=O)c(OC)cc1C. The zero-order valence-electron chi connectivity index (χ0n) is 10.1. The molecule has 0 fully saturated rings. The normalized spacial score (nSPS) is 9.94. The summed E-state index contributed by atoms with van der Waals surface area (Å²) in [5.74, 6) is 1.73. The average molecular weight is 222 g/mol. The molecule has 0 spiro atoms. The quantitative estimate of drug-likeness (QED) is 0.548. The van der Waals surface area contributed by atoms with Crippen molar-refractivity contribution in [3.8, 4) is 11.5 Å². The minimum Gasteiger partial charge on any atom is -0.496 e. The van der Waals surface area contributed by atoms with Gasteiger partial charge in [-0.1, -0.05) is 0 Å². The van der Waals surface area contributed by atoms with Crippen LogP contribution in [0, 0.1) is 6.92 Å². The Balaban J connectivity index is 2.90. The molecular weight excluding hydrogens is 204 g/mol. The largest absolute Gasteiger partial charge is 0.496 e. The van der Waals surface area contributed by atoms with Crippen LogP contribution in [0.2, 0.25) is 0 Å². The fourth-order valence-corrected chi connectivity index (χ4v) is 1.68. The summed E-state index contributed by atoms with van der Waals surface area (Å²) in [5.41, 5.74) is 2.14. The lowest BCUT2D eigenvalue weighted by Gasteiger charge is -2.12. The third-order valence-corrected chi connectivity index (χ3v) is 2.57. The number of benzene rings is 1. The molecular formula is C13H18O3. The van der Waals surface area contributed by atoms with Crippen LogP contribution in [0.1, 0.15) is 24.0 Å². The van der Waals surface area contributed by atoms with E-state index in [0.29, 0.717) is 6.42 Å². The van der Waals surface area contributed by atoms with Gasteiger partial charge in [-0.2, -0.15) is 0 Å². The molecule has 0 N–H and O–H groups in total. The molecule has 0 radical (unpaired) electrons. The van der Waals surface area contributed by atoms with E-state index in [-0.39, 0.29) is 0 Å². The van der Waals surface area contributed by atoms with Gasteiger partial charge in [0.05, 0.1) is 14.2 Å². The Labute approximate surface area is 96.4 Å². The van der Waals surface area contributed by atoms with Gasteiger partial charge in [0.1, 0.15) is 17.8 Å². The number of carbonyl (C=O) groups is 1. The monoisotopic (exact) mass is 222 g/mol. The first-order valence-electron chi connectivity index (χ1n) is 5.38. The number of aldehydes is 1. The highest BCUT2D eigenvalue weighted by atomic mass is 16.5. The van der Waals surface area contributed by atoms with E-state index < -0.39 is 0 Å². The molecule has 1 aromatic carbocycles. The van der Waals surface area contributed by atoms with Gasteiger partial charge in [-0.15, -0.1) is 0 Å². The van der Waals surface area contributed by atoms with Crippen LogP contribution in [0.15, 0.2) is 12.1 Å². The van der Waals surface area contributed by atoms with Crippen LogP contribution in [0.5, 0.6) is 11.5 Å². The first-order chi connectivity index (χ1) is 7.72. The van der Waals surface area contributed by atoms with Gasteiger partial charge in [-0.05, 0) is 43.0 Å². The first-order valence-corrected chi connectivity index (χ1v) is 5.38. The summed E-state index contributed by atoms with van der Waals surface area (Å²) < 4.78 is 10.6. The standard InChI is InChI=1S/C13H18O3/c1-10-8-13(16-3)11(6-4-5-7-14)9-12(10)15-2/h7-9H,4-6H2,1-3H3. The van der Waals surface area contributed by atoms with Gasteiger partial charge in [0.2, 0.25) is 0 Å². The van der Waals surface area contributed by atoms with E-state index in [0.717, 1.165) is 41.8 Å². The van der Waals surface area contributed by atoms with Crippen molar-refractivity contribution in [2.45, 2.75) is 26.2 Å². The van der Waals surface area contributed by atoms with Crippen LogP contribution in [0.3, 0.4) is 0 Å². The smallest absolute Gasteiger partial charge is 0.122 e. The number of unbranched alkanes of at least 4 members (excludes halogenated alkanes) is 1. The molecule has 0 saturated heterocycles. The van der Waals surface area contributed by atoms with Gasteiger partial charge in [0, 0.05) is 6.42 Å². The van der Waals surface area contributed by atoms with Crippen LogP contribution in [-0.4, -0.2) is 20.5 Å². The molecule has 0 aliphatic rings. The lowest BCUT2D eigenvalue weighted by molar-refractivity contribution is -0.107. The molecule has 0 heterocycles. The van der Waals surface area contributed by atoms with E-state index >= 15 is 0 Å². The van der Waals surface area contributed by atoms with Crippen molar-refractivity contribution in [2.75, 3.05) is 14.2 Å². The van der Waals surface area contributed by atoms with Crippen molar-refractivity contribution in [2.24, 2.45) is 0 Å². The minimum atomic E-state index is 0.583. The fraction of sp³-hybridized carbons (Fsp3) is 0.462. The number of rotatable bonds is 6. The van der Waals surface area contributed by atoms with Crippen LogP contribution in [0.4, 0.5) is 0 Å². The van der Waals surface area contributed by atoms with Crippen molar-refractivity contribution in [1.29, 1.82) is 0 Å². The number of hydrogen-bond donors (Lipinski definition) is 0. The maximum Gasteiger partial charge on any atom is 0.122 e. The first kappa shape index (κ1) is 12.6. The van der Waals surface area contributed by atoms with E-state index in [4.69, 9.17) is 9.47 Å².